The van der Waals surface area contributed by atoms with Crippen molar-refractivity contribution < 1.29 is 18.0 Å². The molecule has 4 aliphatic rings. The van der Waals surface area contributed by atoms with Crippen LogP contribution in [0.1, 0.15) is 37.8 Å². The van der Waals surface area contributed by atoms with Gasteiger partial charge in [0.2, 0.25) is 21.8 Å². The number of carbonyl (C=O) groups is 2. The van der Waals surface area contributed by atoms with Gasteiger partial charge >= 0.3 is 0 Å². The van der Waals surface area contributed by atoms with E-state index < -0.39 is 22.1 Å². The normalized spacial score (nSPS) is 31.5. The highest BCUT2D eigenvalue weighted by atomic mass is 32.2. The summed E-state index contributed by atoms with van der Waals surface area (Å²) in [6.07, 6.45) is 2.35. The van der Waals surface area contributed by atoms with Crippen LogP contribution in [0.4, 0.5) is 0 Å². The van der Waals surface area contributed by atoms with Gasteiger partial charge in [0.25, 0.3) is 0 Å². The number of sulfonamides is 1. The fraction of sp³-hybridized carbons (Fsp3) is 0.625. The number of benzene rings is 1. The second-order valence-electron chi connectivity index (χ2n) is 10.4. The van der Waals surface area contributed by atoms with Gasteiger partial charge in [-0.25, -0.2) is 12.7 Å². The van der Waals surface area contributed by atoms with Crippen molar-refractivity contribution in [3.05, 3.63) is 29.8 Å². The third kappa shape index (κ3) is 3.93. The Bertz CT molecular complexity index is 1200. The first-order valence-corrected chi connectivity index (χ1v) is 13.5. The summed E-state index contributed by atoms with van der Waals surface area (Å²) in [7, 11) is -0.590. The number of nitrogens with two attached hydrogens (primary N) is 1. The molecule has 3 saturated heterocycles. The predicted octanol–water partition coefficient (Wildman–Crippen LogP) is 0.123. The molecule has 2 bridgehead atoms. The third-order valence-corrected chi connectivity index (χ3v) is 9.92. The maximum Gasteiger partial charge on any atom is 0.242 e. The molecule has 3 heterocycles. The Morgan fingerprint density at radius 2 is 2.03 bits per heavy atom. The molecule has 1 saturated carbocycles. The number of fused-ring (bicyclic) bond motifs is 3. The zero-order valence-electron chi connectivity index (χ0n) is 20.2. The topological polar surface area (TPSA) is 131 Å². The number of nitriles is 1. The summed E-state index contributed by atoms with van der Waals surface area (Å²) in [4.78, 5) is 32.1. The van der Waals surface area contributed by atoms with Crippen molar-refractivity contribution in [3.63, 3.8) is 0 Å². The highest BCUT2D eigenvalue weighted by Gasteiger charge is 2.56. The fourth-order valence-corrected chi connectivity index (χ4v) is 7.07. The quantitative estimate of drug-likeness (QED) is 0.563. The first kappa shape index (κ1) is 24.2. The van der Waals surface area contributed by atoms with Crippen LogP contribution in [0, 0.1) is 17.2 Å². The van der Waals surface area contributed by atoms with E-state index in [1.54, 1.807) is 23.1 Å². The van der Waals surface area contributed by atoms with E-state index in [0.717, 1.165) is 18.4 Å². The van der Waals surface area contributed by atoms with Gasteiger partial charge in [-0.3, -0.25) is 14.5 Å². The largest absolute Gasteiger partial charge is 0.330 e. The summed E-state index contributed by atoms with van der Waals surface area (Å²) in [5, 5.41) is 9.39. The van der Waals surface area contributed by atoms with E-state index in [1.165, 1.54) is 18.4 Å². The van der Waals surface area contributed by atoms with Crippen LogP contribution < -0.4 is 5.73 Å². The fourth-order valence-electron chi connectivity index (χ4n) is 6.12. The minimum absolute atomic E-state index is 0.0207. The zero-order valence-corrected chi connectivity index (χ0v) is 21.1. The second-order valence-corrected chi connectivity index (χ2v) is 12.6. The van der Waals surface area contributed by atoms with E-state index in [1.807, 2.05) is 22.8 Å². The lowest BCUT2D eigenvalue weighted by Gasteiger charge is -2.38. The summed E-state index contributed by atoms with van der Waals surface area (Å²) >= 11 is 0. The van der Waals surface area contributed by atoms with Crippen molar-refractivity contribution in [2.75, 3.05) is 27.2 Å². The maximum absolute atomic E-state index is 13.3. The Kier molecular flexibility index (Phi) is 5.91. The third-order valence-electron chi connectivity index (χ3n) is 8.11. The molecule has 10 nitrogen and oxygen atoms in total. The van der Waals surface area contributed by atoms with E-state index in [2.05, 4.69) is 6.07 Å². The summed E-state index contributed by atoms with van der Waals surface area (Å²) in [5.74, 6) is 0.218. The predicted molar refractivity (Wildman–Crippen MR) is 127 cm³/mol. The summed E-state index contributed by atoms with van der Waals surface area (Å²) in [6.45, 7) is 2.82. The van der Waals surface area contributed by atoms with Crippen molar-refractivity contribution in [2.24, 2.45) is 11.7 Å². The Morgan fingerprint density at radius 3 is 2.69 bits per heavy atom. The van der Waals surface area contributed by atoms with E-state index in [0.29, 0.717) is 18.9 Å². The van der Waals surface area contributed by atoms with Crippen LogP contribution in [-0.2, 0) is 19.6 Å². The van der Waals surface area contributed by atoms with E-state index >= 15 is 0 Å². The number of piperazine rings is 1. The van der Waals surface area contributed by atoms with Crippen LogP contribution in [0.3, 0.4) is 0 Å². The van der Waals surface area contributed by atoms with E-state index in [4.69, 9.17) is 5.73 Å². The molecule has 1 aromatic carbocycles. The number of likely N-dealkylation sites (tertiary alicyclic amines) is 3. The Labute approximate surface area is 206 Å². The number of hydrogen-bond acceptors (Lipinski definition) is 7. The van der Waals surface area contributed by atoms with Gasteiger partial charge in [0.15, 0.2) is 0 Å². The van der Waals surface area contributed by atoms with Crippen molar-refractivity contribution in [3.8, 4) is 6.07 Å². The van der Waals surface area contributed by atoms with Crippen molar-refractivity contribution in [2.45, 2.75) is 67.3 Å². The van der Waals surface area contributed by atoms with Crippen LogP contribution in [0.15, 0.2) is 29.2 Å². The van der Waals surface area contributed by atoms with Crippen molar-refractivity contribution in [1.29, 1.82) is 5.26 Å². The molecule has 1 aromatic rings. The molecular formula is C24H32N6O4S. The summed E-state index contributed by atoms with van der Waals surface area (Å²) in [5.41, 5.74) is 7.06. The monoisotopic (exact) mass is 500 g/mol. The molecule has 7 atom stereocenters. The smallest absolute Gasteiger partial charge is 0.242 e. The second kappa shape index (κ2) is 8.55. The van der Waals surface area contributed by atoms with Gasteiger partial charge in [0, 0.05) is 39.3 Å². The van der Waals surface area contributed by atoms with Gasteiger partial charge in [0.05, 0.1) is 29.1 Å². The minimum Gasteiger partial charge on any atom is -0.330 e. The first-order chi connectivity index (χ1) is 16.5. The molecule has 1 unspecified atom stereocenters. The highest BCUT2D eigenvalue weighted by Crippen LogP contribution is 2.48. The lowest BCUT2D eigenvalue weighted by atomic mass is 10.1. The molecule has 35 heavy (non-hydrogen) atoms. The molecule has 2 amide bonds. The van der Waals surface area contributed by atoms with Gasteiger partial charge in [-0.2, -0.15) is 5.26 Å². The molecule has 5 rings (SSSR count). The van der Waals surface area contributed by atoms with Crippen molar-refractivity contribution in [1.82, 2.24) is 19.0 Å². The lowest BCUT2D eigenvalue weighted by molar-refractivity contribution is -0.141. The lowest BCUT2D eigenvalue weighted by Crippen LogP contribution is -2.57. The molecule has 0 radical (unpaired) electrons. The standard InChI is InChI=1S/C24H32N6O4S/c1-14(15-5-4-6-19(8-15)35(33,34)27(2)3)29-18-10-22(24(29)32)28(12-18)13-20(26)23(31)30-17(11-25)7-16-9-21(16)30/h4-6,8,14,16-18,20-22H,7,9-10,12-13,26H2,1-3H3/t14-,16?,17-,18-,20-,21-,22-/m0/s1. The minimum atomic E-state index is -3.57. The van der Waals surface area contributed by atoms with Crippen LogP contribution in [0.5, 0.6) is 0 Å². The zero-order chi connectivity index (χ0) is 25.2. The number of carbonyl (C=O) groups excluding carboxylic acids is 2. The average Bonchev–Trinajstić information content (AvgIpc) is 3.15. The molecule has 2 N–H and O–H groups in total. The van der Waals surface area contributed by atoms with E-state index in [9.17, 15) is 23.3 Å². The van der Waals surface area contributed by atoms with Crippen LogP contribution in [0.2, 0.25) is 0 Å². The first-order valence-electron chi connectivity index (χ1n) is 12.1. The summed E-state index contributed by atoms with van der Waals surface area (Å²) in [6, 6.07) is 7.33. The molecule has 11 heteroatoms. The number of nitrogens with zero attached hydrogens (tertiary/aromatic N) is 5. The highest BCUT2D eigenvalue weighted by molar-refractivity contribution is 7.89. The Morgan fingerprint density at radius 1 is 1.29 bits per heavy atom. The van der Waals surface area contributed by atoms with Gasteiger partial charge < -0.3 is 15.5 Å². The average molecular weight is 501 g/mol. The molecule has 4 fully saturated rings. The molecule has 0 spiro atoms. The van der Waals surface area contributed by atoms with Crippen molar-refractivity contribution >= 4 is 21.8 Å². The number of amides is 2. The number of hydrogen-bond donors (Lipinski definition) is 1. The van der Waals surface area contributed by atoms with Crippen LogP contribution >= 0.6 is 0 Å². The number of piperidine rings is 1. The molecule has 0 aromatic heterocycles. The van der Waals surface area contributed by atoms with Gasteiger partial charge in [-0.05, 0) is 49.8 Å². The van der Waals surface area contributed by atoms with E-state index in [-0.39, 0.29) is 47.4 Å². The Hall–Kier alpha value is -2.52. The summed E-state index contributed by atoms with van der Waals surface area (Å²) < 4.78 is 26.3. The SMILES string of the molecule is C[C@@H](c1cccc(S(=O)(=O)N(C)C)c1)N1C(=O)[C@@H]2C[C@H]1CN2C[C@H](N)C(=O)N1[C@H](C#N)CC2C[C@@H]21. The van der Waals surface area contributed by atoms with Gasteiger partial charge in [-0.1, -0.05) is 12.1 Å². The van der Waals surface area contributed by atoms with Gasteiger partial charge in [0.1, 0.15) is 6.04 Å². The molecule has 1 aliphatic carbocycles. The van der Waals surface area contributed by atoms with Gasteiger partial charge in [-0.15, -0.1) is 0 Å². The molecular weight excluding hydrogens is 468 g/mol. The molecule has 3 aliphatic heterocycles. The Balaban J connectivity index is 1.25. The van der Waals surface area contributed by atoms with Crippen LogP contribution in [0.25, 0.3) is 0 Å². The number of rotatable bonds is 7. The molecule has 188 valence electrons. The van der Waals surface area contributed by atoms with Crippen LogP contribution in [-0.4, -0.2) is 96.6 Å². The maximum atomic E-state index is 13.3.